The van der Waals surface area contributed by atoms with Crippen LogP contribution in [0.1, 0.15) is 12.0 Å². The minimum absolute atomic E-state index is 0.151. The van der Waals surface area contributed by atoms with Gasteiger partial charge in [0.25, 0.3) is 0 Å². The average molecular weight is 269 g/mol. The van der Waals surface area contributed by atoms with Crippen molar-refractivity contribution >= 4 is 9.84 Å². The van der Waals surface area contributed by atoms with E-state index in [1.807, 2.05) is 35.2 Å². The lowest BCUT2D eigenvalue weighted by Crippen LogP contribution is -2.33. The zero-order chi connectivity index (χ0) is 13.2. The lowest BCUT2D eigenvalue weighted by molar-refractivity contribution is 0.0468. The molecule has 0 saturated carbocycles. The normalized spacial score (nSPS) is 25.4. The number of β-amino-alcohol motifs (C(OH)–C–C–N with tert-alkyl or cyclic N) is 1. The molecule has 1 atom stereocenters. The first-order chi connectivity index (χ1) is 8.39. The van der Waals surface area contributed by atoms with Crippen molar-refractivity contribution in [2.75, 3.05) is 31.6 Å². The van der Waals surface area contributed by atoms with Crippen LogP contribution in [0.2, 0.25) is 0 Å². The Bertz CT molecular complexity index is 500. The Kier molecular flexibility index (Phi) is 3.75. The van der Waals surface area contributed by atoms with Crippen molar-refractivity contribution in [1.82, 2.24) is 4.90 Å². The van der Waals surface area contributed by atoms with Gasteiger partial charge in [0.1, 0.15) is 15.4 Å². The van der Waals surface area contributed by atoms with E-state index in [2.05, 4.69) is 0 Å². The summed E-state index contributed by atoms with van der Waals surface area (Å²) in [6.07, 6.45) is 1.90. The van der Waals surface area contributed by atoms with Crippen LogP contribution < -0.4 is 0 Å². The quantitative estimate of drug-likeness (QED) is 0.871. The van der Waals surface area contributed by atoms with Gasteiger partial charge in [-0.1, -0.05) is 30.3 Å². The molecule has 0 aliphatic carbocycles. The molecule has 0 spiro atoms. The lowest BCUT2D eigenvalue weighted by atomic mass is 9.93. The van der Waals surface area contributed by atoms with Gasteiger partial charge in [-0.05, 0) is 12.0 Å². The van der Waals surface area contributed by atoms with E-state index < -0.39 is 15.4 Å². The summed E-state index contributed by atoms with van der Waals surface area (Å²) in [6, 6.07) is 9.57. The summed E-state index contributed by atoms with van der Waals surface area (Å²) in [6.45, 7) is 1.74. The maximum absolute atomic E-state index is 11.1. The van der Waals surface area contributed by atoms with Gasteiger partial charge in [0.15, 0.2) is 0 Å². The zero-order valence-corrected chi connectivity index (χ0v) is 11.4. The summed E-state index contributed by atoms with van der Waals surface area (Å²) in [5.74, 6) is 0.151. The molecule has 1 aliphatic rings. The first kappa shape index (κ1) is 13.5. The van der Waals surface area contributed by atoms with Gasteiger partial charge in [-0.25, -0.2) is 8.42 Å². The van der Waals surface area contributed by atoms with Gasteiger partial charge in [0.05, 0.1) is 5.75 Å². The molecule has 0 amide bonds. The number of likely N-dealkylation sites (tertiary alicyclic amines) is 1. The first-order valence-corrected chi connectivity index (χ1v) is 8.13. The maximum Gasteiger partial charge on any atom is 0.148 e. The van der Waals surface area contributed by atoms with E-state index in [9.17, 15) is 13.5 Å². The van der Waals surface area contributed by atoms with Gasteiger partial charge in [0.2, 0.25) is 0 Å². The maximum atomic E-state index is 11.1. The van der Waals surface area contributed by atoms with Crippen molar-refractivity contribution in [3.63, 3.8) is 0 Å². The standard InChI is InChI=1S/C13H19NO3S/c1-18(16,17)10-9-14-8-7-13(15,11-14)12-5-3-2-4-6-12/h2-6,15H,7-11H2,1H3. The van der Waals surface area contributed by atoms with E-state index in [0.29, 0.717) is 19.5 Å². The second-order valence-corrected chi connectivity index (χ2v) is 7.31. The molecule has 0 bridgehead atoms. The van der Waals surface area contributed by atoms with Crippen LogP contribution in [-0.2, 0) is 15.4 Å². The van der Waals surface area contributed by atoms with E-state index in [0.717, 1.165) is 12.1 Å². The molecule has 1 aliphatic heterocycles. The van der Waals surface area contributed by atoms with E-state index in [1.54, 1.807) is 0 Å². The number of nitrogens with zero attached hydrogens (tertiary/aromatic N) is 1. The van der Waals surface area contributed by atoms with Gasteiger partial charge in [-0.3, -0.25) is 4.90 Å². The molecule has 4 nitrogen and oxygen atoms in total. The fourth-order valence-corrected chi connectivity index (χ4v) is 2.93. The number of benzene rings is 1. The van der Waals surface area contributed by atoms with Gasteiger partial charge >= 0.3 is 0 Å². The second kappa shape index (κ2) is 4.99. The van der Waals surface area contributed by atoms with Crippen molar-refractivity contribution in [1.29, 1.82) is 0 Å². The highest BCUT2D eigenvalue weighted by Crippen LogP contribution is 2.31. The minimum atomic E-state index is -2.94. The van der Waals surface area contributed by atoms with Crippen LogP contribution in [0.15, 0.2) is 30.3 Å². The summed E-state index contributed by atoms with van der Waals surface area (Å²) < 4.78 is 22.3. The smallest absolute Gasteiger partial charge is 0.148 e. The van der Waals surface area contributed by atoms with Crippen molar-refractivity contribution in [2.24, 2.45) is 0 Å². The number of hydrogen-bond acceptors (Lipinski definition) is 4. The Morgan fingerprint density at radius 3 is 2.61 bits per heavy atom. The Labute approximate surface area is 108 Å². The molecule has 100 valence electrons. The summed E-state index contributed by atoms with van der Waals surface area (Å²) >= 11 is 0. The topological polar surface area (TPSA) is 57.6 Å². The Hall–Kier alpha value is -0.910. The van der Waals surface area contributed by atoms with Crippen LogP contribution in [0.3, 0.4) is 0 Å². The molecule has 1 heterocycles. The van der Waals surface area contributed by atoms with Crippen LogP contribution in [-0.4, -0.2) is 50.1 Å². The Morgan fingerprint density at radius 2 is 2.00 bits per heavy atom. The summed E-state index contributed by atoms with van der Waals surface area (Å²) in [7, 11) is -2.94. The fourth-order valence-electron chi connectivity index (χ4n) is 2.34. The molecular formula is C13H19NO3S. The van der Waals surface area contributed by atoms with Crippen molar-refractivity contribution in [3.8, 4) is 0 Å². The van der Waals surface area contributed by atoms with Gasteiger partial charge in [0, 0.05) is 25.9 Å². The van der Waals surface area contributed by atoms with E-state index in [-0.39, 0.29) is 5.75 Å². The number of aliphatic hydroxyl groups is 1. The van der Waals surface area contributed by atoms with Crippen LogP contribution in [0.5, 0.6) is 0 Å². The van der Waals surface area contributed by atoms with Gasteiger partial charge in [-0.15, -0.1) is 0 Å². The highest BCUT2D eigenvalue weighted by atomic mass is 32.2. The van der Waals surface area contributed by atoms with Crippen LogP contribution in [0.25, 0.3) is 0 Å². The number of hydrogen-bond donors (Lipinski definition) is 1. The van der Waals surface area contributed by atoms with Crippen LogP contribution in [0, 0.1) is 0 Å². The molecule has 1 N–H and O–H groups in total. The van der Waals surface area contributed by atoms with Gasteiger partial charge in [-0.2, -0.15) is 0 Å². The van der Waals surface area contributed by atoms with Crippen LogP contribution >= 0.6 is 0 Å². The zero-order valence-electron chi connectivity index (χ0n) is 10.5. The first-order valence-electron chi connectivity index (χ1n) is 6.07. The molecule has 1 aromatic carbocycles. The number of rotatable bonds is 4. The summed E-state index contributed by atoms with van der Waals surface area (Å²) in [4.78, 5) is 2.01. The highest BCUT2D eigenvalue weighted by molar-refractivity contribution is 7.90. The molecular weight excluding hydrogens is 250 g/mol. The van der Waals surface area contributed by atoms with Crippen LogP contribution in [0.4, 0.5) is 0 Å². The predicted molar refractivity (Wildman–Crippen MR) is 71.1 cm³/mol. The van der Waals surface area contributed by atoms with E-state index in [1.165, 1.54) is 6.26 Å². The third-order valence-electron chi connectivity index (χ3n) is 3.42. The fraction of sp³-hybridized carbons (Fsp3) is 0.538. The lowest BCUT2D eigenvalue weighted by Gasteiger charge is -2.23. The molecule has 1 saturated heterocycles. The van der Waals surface area contributed by atoms with E-state index in [4.69, 9.17) is 0 Å². The molecule has 1 unspecified atom stereocenters. The number of sulfone groups is 1. The molecule has 0 aromatic heterocycles. The molecule has 1 fully saturated rings. The van der Waals surface area contributed by atoms with Crippen molar-refractivity contribution in [2.45, 2.75) is 12.0 Å². The Morgan fingerprint density at radius 1 is 1.33 bits per heavy atom. The molecule has 18 heavy (non-hydrogen) atoms. The summed E-state index contributed by atoms with van der Waals surface area (Å²) in [5, 5.41) is 10.6. The second-order valence-electron chi connectivity index (χ2n) is 5.05. The minimum Gasteiger partial charge on any atom is -0.384 e. The monoisotopic (exact) mass is 269 g/mol. The third-order valence-corrected chi connectivity index (χ3v) is 4.34. The molecule has 2 rings (SSSR count). The predicted octanol–water partition coefficient (Wildman–Crippen LogP) is 0.624. The van der Waals surface area contributed by atoms with Crippen molar-refractivity contribution < 1.29 is 13.5 Å². The SMILES string of the molecule is CS(=O)(=O)CCN1CCC(O)(c2ccccc2)C1. The van der Waals surface area contributed by atoms with Crippen molar-refractivity contribution in [3.05, 3.63) is 35.9 Å². The largest absolute Gasteiger partial charge is 0.384 e. The third kappa shape index (κ3) is 3.31. The Balaban J connectivity index is 1.99. The molecule has 1 aromatic rings. The highest BCUT2D eigenvalue weighted by Gasteiger charge is 2.37. The summed E-state index contributed by atoms with van der Waals surface area (Å²) in [5.41, 5.74) is 0.0746. The average Bonchev–Trinajstić information content (AvgIpc) is 2.71. The van der Waals surface area contributed by atoms with Gasteiger partial charge < -0.3 is 5.11 Å². The molecule has 5 heteroatoms. The van der Waals surface area contributed by atoms with E-state index >= 15 is 0 Å². The molecule has 0 radical (unpaired) electrons.